The third-order valence-corrected chi connectivity index (χ3v) is 5.62. The summed E-state index contributed by atoms with van der Waals surface area (Å²) in [6.07, 6.45) is 7.83. The van der Waals surface area contributed by atoms with E-state index in [4.69, 9.17) is 4.74 Å². The second kappa shape index (κ2) is 6.09. The van der Waals surface area contributed by atoms with E-state index in [1.807, 2.05) is 30.3 Å². The first-order chi connectivity index (χ1) is 13.2. The maximum Gasteiger partial charge on any atom is 0.0695 e. The number of ether oxygens (including phenoxy) is 1. The number of hydrogen-bond donors (Lipinski definition) is 1. The van der Waals surface area contributed by atoms with Crippen molar-refractivity contribution in [2.45, 2.75) is 6.92 Å². The summed E-state index contributed by atoms with van der Waals surface area (Å²) in [5.41, 5.74) is 7.06. The summed E-state index contributed by atoms with van der Waals surface area (Å²) in [5.74, 6) is 0. The van der Waals surface area contributed by atoms with Crippen LogP contribution in [-0.4, -0.2) is 48.1 Å². The van der Waals surface area contributed by atoms with E-state index < -0.39 is 0 Å². The molecule has 4 heterocycles. The van der Waals surface area contributed by atoms with E-state index in [1.165, 1.54) is 11.3 Å². The lowest BCUT2D eigenvalue weighted by Crippen LogP contribution is -2.66. The average molecular weight is 361 g/mol. The standard InChI is InChI=1S/C21H23N5O/c1-15-3-4-18(22-2)6-20(15)26-10-17(8-24-26)16-5-19(9-23-7-16)25-11-21(12-25)13-27-14-21/h3-10,22H,11-14H2,1-2H3. The molecule has 2 saturated heterocycles. The molecular weight excluding hydrogens is 338 g/mol. The Morgan fingerprint density at radius 3 is 2.67 bits per heavy atom. The van der Waals surface area contributed by atoms with Crippen molar-refractivity contribution in [1.82, 2.24) is 14.8 Å². The van der Waals surface area contributed by atoms with Crippen LogP contribution in [0.5, 0.6) is 0 Å². The van der Waals surface area contributed by atoms with Gasteiger partial charge < -0.3 is 15.0 Å². The summed E-state index contributed by atoms with van der Waals surface area (Å²) >= 11 is 0. The molecule has 1 N–H and O–H groups in total. The molecule has 1 aromatic carbocycles. The van der Waals surface area contributed by atoms with Gasteiger partial charge in [-0.15, -0.1) is 0 Å². The van der Waals surface area contributed by atoms with Crippen molar-refractivity contribution in [2.75, 3.05) is 43.6 Å². The monoisotopic (exact) mass is 361 g/mol. The molecule has 0 aliphatic carbocycles. The van der Waals surface area contributed by atoms with Crippen molar-refractivity contribution in [2.24, 2.45) is 5.41 Å². The van der Waals surface area contributed by atoms with E-state index in [2.05, 4.69) is 57.7 Å². The lowest BCUT2D eigenvalue weighted by molar-refractivity contribution is -0.127. The molecule has 1 spiro atoms. The van der Waals surface area contributed by atoms with Crippen LogP contribution >= 0.6 is 0 Å². The molecule has 5 rings (SSSR count). The minimum atomic E-state index is 0.400. The van der Waals surface area contributed by atoms with Crippen LogP contribution in [0, 0.1) is 12.3 Å². The van der Waals surface area contributed by atoms with Crippen LogP contribution in [0.25, 0.3) is 16.8 Å². The summed E-state index contributed by atoms with van der Waals surface area (Å²) in [5, 5.41) is 7.77. The molecule has 0 bridgehead atoms. The minimum Gasteiger partial charge on any atom is -0.388 e. The van der Waals surface area contributed by atoms with Crippen LogP contribution in [0.4, 0.5) is 11.4 Å². The Morgan fingerprint density at radius 1 is 1.07 bits per heavy atom. The van der Waals surface area contributed by atoms with Gasteiger partial charge in [0.1, 0.15) is 0 Å². The zero-order valence-electron chi connectivity index (χ0n) is 15.6. The van der Waals surface area contributed by atoms with Gasteiger partial charge in [0.25, 0.3) is 0 Å². The number of rotatable bonds is 4. The maximum atomic E-state index is 5.37. The number of anilines is 2. The fourth-order valence-electron chi connectivity index (χ4n) is 3.89. The van der Waals surface area contributed by atoms with E-state index in [0.717, 1.165) is 48.8 Å². The molecule has 0 atom stereocenters. The molecule has 2 aliphatic heterocycles. The van der Waals surface area contributed by atoms with Gasteiger partial charge in [0, 0.05) is 49.3 Å². The lowest BCUT2D eigenvalue weighted by atomic mass is 9.78. The highest BCUT2D eigenvalue weighted by Crippen LogP contribution is 2.40. The molecule has 138 valence electrons. The maximum absolute atomic E-state index is 5.37. The molecule has 0 unspecified atom stereocenters. The lowest BCUT2D eigenvalue weighted by Gasteiger charge is -2.55. The Labute approximate surface area is 158 Å². The minimum absolute atomic E-state index is 0.400. The molecule has 0 saturated carbocycles. The van der Waals surface area contributed by atoms with E-state index in [1.54, 1.807) is 0 Å². The molecular formula is C21H23N5O. The summed E-state index contributed by atoms with van der Waals surface area (Å²) in [6, 6.07) is 8.50. The Hall–Kier alpha value is -2.86. The van der Waals surface area contributed by atoms with Gasteiger partial charge in [-0.2, -0.15) is 5.10 Å². The highest BCUT2D eigenvalue weighted by Gasteiger charge is 2.49. The highest BCUT2D eigenvalue weighted by atomic mass is 16.5. The molecule has 0 radical (unpaired) electrons. The number of nitrogens with zero attached hydrogens (tertiary/aromatic N) is 4. The SMILES string of the molecule is CNc1ccc(C)c(-n2cc(-c3cncc(N4CC5(COC5)C4)c3)cn2)c1. The van der Waals surface area contributed by atoms with Gasteiger partial charge in [-0.25, -0.2) is 4.68 Å². The Morgan fingerprint density at radius 2 is 1.93 bits per heavy atom. The molecule has 2 fully saturated rings. The molecule has 2 aromatic heterocycles. The zero-order valence-corrected chi connectivity index (χ0v) is 15.6. The van der Waals surface area contributed by atoms with Gasteiger partial charge in [0.15, 0.2) is 0 Å². The zero-order chi connectivity index (χ0) is 18.4. The summed E-state index contributed by atoms with van der Waals surface area (Å²) in [7, 11) is 1.93. The van der Waals surface area contributed by atoms with Crippen LogP contribution in [0.3, 0.4) is 0 Å². The van der Waals surface area contributed by atoms with Crippen LogP contribution in [0.2, 0.25) is 0 Å². The van der Waals surface area contributed by atoms with Crippen molar-refractivity contribution in [3.8, 4) is 16.8 Å². The van der Waals surface area contributed by atoms with Crippen LogP contribution in [-0.2, 0) is 4.74 Å². The van der Waals surface area contributed by atoms with Gasteiger partial charge in [0.2, 0.25) is 0 Å². The first kappa shape index (κ1) is 16.3. The largest absolute Gasteiger partial charge is 0.388 e. The number of aryl methyl sites for hydroxylation is 1. The Balaban J connectivity index is 1.41. The van der Waals surface area contributed by atoms with E-state index >= 15 is 0 Å². The number of benzene rings is 1. The van der Waals surface area contributed by atoms with Crippen molar-refractivity contribution < 1.29 is 4.74 Å². The molecule has 27 heavy (non-hydrogen) atoms. The summed E-state index contributed by atoms with van der Waals surface area (Å²) in [6.45, 7) is 6.02. The van der Waals surface area contributed by atoms with Crippen molar-refractivity contribution in [3.05, 3.63) is 54.6 Å². The van der Waals surface area contributed by atoms with Crippen LogP contribution < -0.4 is 10.2 Å². The van der Waals surface area contributed by atoms with Crippen molar-refractivity contribution >= 4 is 11.4 Å². The summed E-state index contributed by atoms with van der Waals surface area (Å²) < 4.78 is 7.30. The quantitative estimate of drug-likeness (QED) is 0.774. The van der Waals surface area contributed by atoms with E-state index in [0.29, 0.717) is 5.41 Å². The normalized spacial score (nSPS) is 17.5. The highest BCUT2D eigenvalue weighted by molar-refractivity contribution is 5.67. The average Bonchev–Trinajstić information content (AvgIpc) is 3.10. The topological polar surface area (TPSA) is 55.2 Å². The van der Waals surface area contributed by atoms with Gasteiger partial charge in [0.05, 0.1) is 42.4 Å². The van der Waals surface area contributed by atoms with Crippen LogP contribution in [0.1, 0.15) is 5.56 Å². The van der Waals surface area contributed by atoms with Crippen molar-refractivity contribution in [1.29, 1.82) is 0 Å². The predicted octanol–water partition coefficient (Wildman–Crippen LogP) is 3.12. The molecule has 2 aliphatic rings. The Bertz CT molecular complexity index is 984. The number of nitrogens with one attached hydrogen (secondary N) is 1. The molecule has 6 heteroatoms. The first-order valence-electron chi connectivity index (χ1n) is 9.27. The second-order valence-electron chi connectivity index (χ2n) is 7.71. The third kappa shape index (κ3) is 2.77. The first-order valence-corrected chi connectivity index (χ1v) is 9.27. The molecule has 3 aromatic rings. The van der Waals surface area contributed by atoms with Gasteiger partial charge in [-0.1, -0.05) is 6.07 Å². The fraction of sp³-hybridized carbons (Fsp3) is 0.333. The second-order valence-corrected chi connectivity index (χ2v) is 7.71. The number of hydrogen-bond acceptors (Lipinski definition) is 5. The smallest absolute Gasteiger partial charge is 0.0695 e. The van der Waals surface area contributed by atoms with Gasteiger partial charge in [-0.05, 0) is 30.7 Å². The fourth-order valence-corrected chi connectivity index (χ4v) is 3.89. The van der Waals surface area contributed by atoms with Crippen molar-refractivity contribution in [3.63, 3.8) is 0 Å². The number of aromatic nitrogens is 3. The molecule has 0 amide bonds. The third-order valence-electron chi connectivity index (χ3n) is 5.62. The predicted molar refractivity (Wildman–Crippen MR) is 107 cm³/mol. The van der Waals surface area contributed by atoms with Gasteiger partial charge in [-0.3, -0.25) is 4.98 Å². The van der Waals surface area contributed by atoms with Gasteiger partial charge >= 0.3 is 0 Å². The Kier molecular flexibility index (Phi) is 3.68. The van der Waals surface area contributed by atoms with E-state index in [9.17, 15) is 0 Å². The van der Waals surface area contributed by atoms with E-state index in [-0.39, 0.29) is 0 Å². The number of pyridine rings is 1. The molecule has 6 nitrogen and oxygen atoms in total. The van der Waals surface area contributed by atoms with Crippen LogP contribution in [0.15, 0.2) is 49.1 Å². The summed E-state index contributed by atoms with van der Waals surface area (Å²) in [4.78, 5) is 6.84.